The molecule has 0 aliphatic carbocycles. The summed E-state index contributed by atoms with van der Waals surface area (Å²) in [6.07, 6.45) is 11.1. The van der Waals surface area contributed by atoms with Crippen LogP contribution in [0.25, 0.3) is 0 Å². The lowest BCUT2D eigenvalue weighted by Gasteiger charge is -2.34. The Hall–Kier alpha value is -3.05. The van der Waals surface area contributed by atoms with Gasteiger partial charge in [-0.1, -0.05) is 64.0 Å². The average Bonchev–Trinajstić information content (AvgIpc) is 2.85. The number of benzene rings is 1. The van der Waals surface area contributed by atoms with Crippen LogP contribution in [-0.2, 0) is 14.3 Å². The molecule has 1 rings (SSSR count). The smallest absolute Gasteiger partial charge is 0.408 e. The molecule has 0 saturated heterocycles. The molecule has 3 amide bonds. The second-order valence-electron chi connectivity index (χ2n) is 10.7. The van der Waals surface area contributed by atoms with Gasteiger partial charge in [0.05, 0.1) is 6.61 Å². The monoisotopic (exact) mass is 529 g/mol. The number of nitrogens with one attached hydrogen (secondary N) is 2. The number of aliphatic hydroxyl groups is 1. The molecular weight excluding hydrogens is 482 g/mol. The van der Waals surface area contributed by atoms with Crippen LogP contribution < -0.4 is 10.6 Å². The highest BCUT2D eigenvalue weighted by Gasteiger charge is 2.36. The van der Waals surface area contributed by atoms with E-state index in [1.165, 1.54) is 4.90 Å². The number of rotatable bonds is 15. The van der Waals surface area contributed by atoms with Gasteiger partial charge in [-0.25, -0.2) is 4.79 Å². The summed E-state index contributed by atoms with van der Waals surface area (Å²) in [6, 6.07) is 4.64. The van der Waals surface area contributed by atoms with Crippen molar-refractivity contribution in [1.82, 2.24) is 15.5 Å². The first-order chi connectivity index (χ1) is 18.0. The van der Waals surface area contributed by atoms with Gasteiger partial charge in [0.2, 0.25) is 11.8 Å². The SMILES string of the molecule is C#Cc1ccc(C(C(=O)NC(C)CCC)N(CCCCCCC)C(=O)C(CO)NC(=O)OC(C)(C)C)cc1. The lowest BCUT2D eigenvalue weighted by molar-refractivity contribution is -0.143. The van der Waals surface area contributed by atoms with E-state index < -0.39 is 36.3 Å². The molecule has 3 atom stereocenters. The Morgan fingerprint density at radius 3 is 2.18 bits per heavy atom. The quantitative estimate of drug-likeness (QED) is 0.226. The standard InChI is InChI=1S/C30H47N3O5/c1-8-11-12-13-14-20-33(28(36)25(21-34)32-29(37)38-30(5,6)7)26(27(35)31-22(4)15-9-2)24-18-16-23(10-3)17-19-24/h3,16-19,22,25-26,34H,8-9,11-15,20-21H2,1-2,4-7H3,(H,31,35)(H,32,37). The van der Waals surface area contributed by atoms with Gasteiger partial charge in [-0.05, 0) is 58.2 Å². The fourth-order valence-corrected chi connectivity index (χ4v) is 4.15. The first-order valence-electron chi connectivity index (χ1n) is 13.7. The van der Waals surface area contributed by atoms with Crippen LogP contribution in [0.1, 0.15) is 104 Å². The van der Waals surface area contributed by atoms with Crippen LogP contribution in [-0.4, -0.2) is 58.8 Å². The molecule has 0 aromatic heterocycles. The van der Waals surface area contributed by atoms with E-state index in [1.807, 2.05) is 13.8 Å². The van der Waals surface area contributed by atoms with Gasteiger partial charge in [-0.3, -0.25) is 9.59 Å². The van der Waals surface area contributed by atoms with Gasteiger partial charge in [0, 0.05) is 18.2 Å². The van der Waals surface area contributed by atoms with Gasteiger partial charge < -0.3 is 25.4 Å². The van der Waals surface area contributed by atoms with E-state index in [-0.39, 0.29) is 18.5 Å². The third-order valence-electron chi connectivity index (χ3n) is 6.02. The van der Waals surface area contributed by atoms with Crippen molar-refractivity contribution in [3.8, 4) is 12.3 Å². The van der Waals surface area contributed by atoms with Crippen LogP contribution in [0, 0.1) is 12.3 Å². The molecule has 38 heavy (non-hydrogen) atoms. The van der Waals surface area contributed by atoms with Crippen LogP contribution in [0.5, 0.6) is 0 Å². The molecule has 3 unspecified atom stereocenters. The van der Waals surface area contributed by atoms with Crippen molar-refractivity contribution in [3.63, 3.8) is 0 Å². The highest BCUT2D eigenvalue weighted by atomic mass is 16.6. The highest BCUT2D eigenvalue weighted by molar-refractivity contribution is 5.92. The van der Waals surface area contributed by atoms with E-state index in [9.17, 15) is 19.5 Å². The first-order valence-corrected chi connectivity index (χ1v) is 13.7. The topological polar surface area (TPSA) is 108 Å². The molecule has 0 saturated carbocycles. The van der Waals surface area contributed by atoms with Gasteiger partial charge in [0.1, 0.15) is 17.7 Å². The summed E-state index contributed by atoms with van der Waals surface area (Å²) < 4.78 is 5.29. The summed E-state index contributed by atoms with van der Waals surface area (Å²) in [5.74, 6) is 1.69. The molecule has 0 fully saturated rings. The zero-order valence-electron chi connectivity index (χ0n) is 24.0. The Bertz CT molecular complexity index is 917. The zero-order chi connectivity index (χ0) is 28.7. The molecule has 0 radical (unpaired) electrons. The summed E-state index contributed by atoms with van der Waals surface area (Å²) in [4.78, 5) is 41.4. The van der Waals surface area contributed by atoms with E-state index in [0.717, 1.165) is 38.5 Å². The molecule has 8 heteroatoms. The normalized spacial score (nSPS) is 13.5. The minimum atomic E-state index is -1.27. The van der Waals surface area contributed by atoms with Crippen molar-refractivity contribution < 1.29 is 24.2 Å². The Kier molecular flexibility index (Phi) is 14.5. The van der Waals surface area contributed by atoms with E-state index >= 15 is 0 Å². The molecule has 3 N–H and O–H groups in total. The summed E-state index contributed by atoms with van der Waals surface area (Å²) in [5, 5.41) is 15.6. The largest absolute Gasteiger partial charge is 0.444 e. The Morgan fingerprint density at radius 2 is 1.66 bits per heavy atom. The summed E-state index contributed by atoms with van der Waals surface area (Å²) in [5.41, 5.74) is 0.480. The predicted octanol–water partition coefficient (Wildman–Crippen LogP) is 4.70. The number of hydrogen-bond donors (Lipinski definition) is 3. The molecular formula is C30H47N3O5. The lowest BCUT2D eigenvalue weighted by Crippen LogP contribution is -2.55. The van der Waals surface area contributed by atoms with Crippen molar-refractivity contribution in [2.24, 2.45) is 0 Å². The molecule has 0 spiro atoms. The van der Waals surface area contributed by atoms with Gasteiger partial charge in [0.25, 0.3) is 0 Å². The second-order valence-corrected chi connectivity index (χ2v) is 10.7. The fraction of sp³-hybridized carbons (Fsp3) is 0.633. The maximum absolute atomic E-state index is 13.8. The highest BCUT2D eigenvalue weighted by Crippen LogP contribution is 2.25. The van der Waals surface area contributed by atoms with Gasteiger partial charge in [0.15, 0.2) is 0 Å². The minimum absolute atomic E-state index is 0.0879. The third-order valence-corrected chi connectivity index (χ3v) is 6.02. The molecule has 0 heterocycles. The van der Waals surface area contributed by atoms with E-state index in [4.69, 9.17) is 11.2 Å². The van der Waals surface area contributed by atoms with Crippen LogP contribution in [0.4, 0.5) is 4.79 Å². The van der Waals surface area contributed by atoms with E-state index in [2.05, 4.69) is 23.5 Å². The molecule has 0 aliphatic rings. The van der Waals surface area contributed by atoms with Crippen LogP contribution in [0.15, 0.2) is 24.3 Å². The maximum Gasteiger partial charge on any atom is 0.408 e. The zero-order valence-corrected chi connectivity index (χ0v) is 24.0. The number of unbranched alkanes of at least 4 members (excludes halogenated alkanes) is 4. The van der Waals surface area contributed by atoms with Crippen molar-refractivity contribution >= 4 is 17.9 Å². The molecule has 1 aromatic rings. The van der Waals surface area contributed by atoms with Gasteiger partial charge >= 0.3 is 6.09 Å². The Morgan fingerprint density at radius 1 is 1.03 bits per heavy atom. The molecule has 212 valence electrons. The number of nitrogens with zero attached hydrogens (tertiary/aromatic N) is 1. The Labute approximate surface area is 228 Å². The van der Waals surface area contributed by atoms with Crippen molar-refractivity contribution in [1.29, 1.82) is 0 Å². The number of hydrogen-bond acceptors (Lipinski definition) is 5. The van der Waals surface area contributed by atoms with Crippen LogP contribution >= 0.6 is 0 Å². The fourth-order valence-electron chi connectivity index (χ4n) is 4.15. The number of amides is 3. The van der Waals surface area contributed by atoms with Crippen molar-refractivity contribution in [2.75, 3.05) is 13.2 Å². The third kappa shape index (κ3) is 11.6. The van der Waals surface area contributed by atoms with E-state index in [0.29, 0.717) is 17.5 Å². The maximum atomic E-state index is 13.8. The van der Waals surface area contributed by atoms with Gasteiger partial charge in [-0.2, -0.15) is 0 Å². The molecule has 8 nitrogen and oxygen atoms in total. The number of carbonyl (C=O) groups is 3. The first kappa shape index (κ1) is 33.0. The van der Waals surface area contributed by atoms with E-state index in [1.54, 1.807) is 45.0 Å². The molecule has 0 aliphatic heterocycles. The number of terminal acetylenes is 1. The summed E-state index contributed by atoms with van der Waals surface area (Å²) >= 11 is 0. The molecule has 1 aromatic carbocycles. The van der Waals surface area contributed by atoms with Crippen molar-refractivity contribution in [3.05, 3.63) is 35.4 Å². The lowest BCUT2D eigenvalue weighted by atomic mass is 10.00. The van der Waals surface area contributed by atoms with Gasteiger partial charge in [-0.15, -0.1) is 6.42 Å². The summed E-state index contributed by atoms with van der Waals surface area (Å²) in [6.45, 7) is 10.9. The second kappa shape index (κ2) is 16.7. The average molecular weight is 530 g/mol. The number of carbonyl (C=O) groups excluding carboxylic acids is 3. The van der Waals surface area contributed by atoms with Crippen LogP contribution in [0.2, 0.25) is 0 Å². The minimum Gasteiger partial charge on any atom is -0.444 e. The molecule has 0 bridgehead atoms. The van der Waals surface area contributed by atoms with Crippen LogP contribution in [0.3, 0.4) is 0 Å². The summed E-state index contributed by atoms with van der Waals surface area (Å²) in [7, 11) is 0. The number of ether oxygens (including phenoxy) is 1. The number of alkyl carbamates (subject to hydrolysis) is 1. The number of aliphatic hydroxyl groups excluding tert-OH is 1. The Balaban J connectivity index is 3.41. The predicted molar refractivity (Wildman–Crippen MR) is 150 cm³/mol. The van der Waals surface area contributed by atoms with Crippen molar-refractivity contribution in [2.45, 2.75) is 110 Å².